The fraction of sp³-hybridized carbons (Fsp3) is 0.353. The number of hydrogen-bond acceptors (Lipinski definition) is 6. The molecule has 1 aliphatic heterocycles. The Morgan fingerprint density at radius 1 is 1.32 bits per heavy atom. The zero-order valence-electron chi connectivity index (χ0n) is 13.7. The lowest BCUT2D eigenvalue weighted by Gasteiger charge is -2.30. The van der Waals surface area contributed by atoms with Gasteiger partial charge in [0.1, 0.15) is 5.82 Å². The van der Waals surface area contributed by atoms with Crippen LogP contribution < -0.4 is 10.2 Å². The third-order valence-electron chi connectivity index (χ3n) is 4.33. The smallest absolute Gasteiger partial charge is 0.229 e. The van der Waals surface area contributed by atoms with Crippen molar-refractivity contribution in [3.63, 3.8) is 0 Å². The molecule has 130 valence electrons. The third kappa shape index (κ3) is 3.50. The van der Waals surface area contributed by atoms with E-state index < -0.39 is 0 Å². The van der Waals surface area contributed by atoms with E-state index in [0.717, 1.165) is 46.2 Å². The number of carbonyl (C=O) groups is 1. The molecule has 1 amide bonds. The SMILES string of the molecule is Cc1cnc(NC(=O)C2CCN(c3nc4ccc(F)cc4s3)CC2)s1. The van der Waals surface area contributed by atoms with Gasteiger partial charge in [0.05, 0.1) is 10.2 Å². The molecule has 0 bridgehead atoms. The average Bonchev–Trinajstić information content (AvgIpc) is 3.20. The number of hydrogen-bond donors (Lipinski definition) is 1. The first kappa shape index (κ1) is 16.4. The minimum absolute atomic E-state index is 0.00715. The summed E-state index contributed by atoms with van der Waals surface area (Å²) in [4.78, 5) is 24.4. The molecule has 0 saturated carbocycles. The van der Waals surface area contributed by atoms with Gasteiger partial charge in [-0.1, -0.05) is 11.3 Å². The first-order valence-electron chi connectivity index (χ1n) is 8.13. The average molecular weight is 376 g/mol. The van der Waals surface area contributed by atoms with Crippen molar-refractivity contribution in [2.75, 3.05) is 23.3 Å². The Hall–Kier alpha value is -2.06. The first-order valence-corrected chi connectivity index (χ1v) is 9.76. The zero-order chi connectivity index (χ0) is 17.4. The molecular formula is C17H17FN4OS2. The molecule has 1 aromatic carbocycles. The molecule has 1 saturated heterocycles. The predicted octanol–water partition coefficient (Wildman–Crippen LogP) is 4.06. The van der Waals surface area contributed by atoms with Crippen molar-refractivity contribution in [2.24, 2.45) is 5.92 Å². The van der Waals surface area contributed by atoms with E-state index in [-0.39, 0.29) is 17.6 Å². The Labute approximate surface area is 152 Å². The van der Waals surface area contributed by atoms with Gasteiger partial charge in [-0.25, -0.2) is 14.4 Å². The van der Waals surface area contributed by atoms with Crippen LogP contribution in [0.3, 0.4) is 0 Å². The molecule has 3 aromatic rings. The normalized spacial score (nSPS) is 15.7. The minimum Gasteiger partial charge on any atom is -0.348 e. The lowest BCUT2D eigenvalue weighted by atomic mass is 9.96. The summed E-state index contributed by atoms with van der Waals surface area (Å²) < 4.78 is 14.2. The van der Waals surface area contributed by atoms with E-state index in [2.05, 4.69) is 20.2 Å². The molecule has 0 unspecified atom stereocenters. The van der Waals surface area contributed by atoms with Crippen molar-refractivity contribution in [1.29, 1.82) is 0 Å². The fourth-order valence-electron chi connectivity index (χ4n) is 2.97. The molecule has 0 atom stereocenters. The largest absolute Gasteiger partial charge is 0.348 e. The molecule has 1 fully saturated rings. The van der Waals surface area contributed by atoms with Crippen molar-refractivity contribution < 1.29 is 9.18 Å². The van der Waals surface area contributed by atoms with Gasteiger partial charge < -0.3 is 10.2 Å². The Morgan fingerprint density at radius 2 is 2.12 bits per heavy atom. The summed E-state index contributed by atoms with van der Waals surface area (Å²) in [5.74, 6) is -0.205. The van der Waals surface area contributed by atoms with Crippen molar-refractivity contribution >= 4 is 49.1 Å². The molecule has 4 rings (SSSR count). The fourth-order valence-corrected chi connectivity index (χ4v) is 4.68. The lowest BCUT2D eigenvalue weighted by Crippen LogP contribution is -2.38. The highest BCUT2D eigenvalue weighted by atomic mass is 32.1. The summed E-state index contributed by atoms with van der Waals surface area (Å²) in [6.45, 7) is 3.52. The highest BCUT2D eigenvalue weighted by Gasteiger charge is 2.27. The Kier molecular flexibility index (Phi) is 4.39. The lowest BCUT2D eigenvalue weighted by molar-refractivity contribution is -0.120. The summed E-state index contributed by atoms with van der Waals surface area (Å²) in [7, 11) is 0. The van der Waals surface area contributed by atoms with Crippen molar-refractivity contribution in [1.82, 2.24) is 9.97 Å². The van der Waals surface area contributed by atoms with E-state index in [9.17, 15) is 9.18 Å². The summed E-state index contributed by atoms with van der Waals surface area (Å²) in [5, 5.41) is 4.47. The molecule has 0 spiro atoms. The van der Waals surface area contributed by atoms with Crippen LogP contribution in [0.2, 0.25) is 0 Å². The second kappa shape index (κ2) is 6.68. The third-order valence-corrected chi connectivity index (χ3v) is 6.23. The number of nitrogens with zero attached hydrogens (tertiary/aromatic N) is 3. The maximum absolute atomic E-state index is 13.3. The molecular weight excluding hydrogens is 359 g/mol. The summed E-state index contributed by atoms with van der Waals surface area (Å²) in [6, 6.07) is 4.66. The number of rotatable bonds is 3. The van der Waals surface area contributed by atoms with Gasteiger partial charge in [0.25, 0.3) is 0 Å². The molecule has 25 heavy (non-hydrogen) atoms. The number of carbonyl (C=O) groups excluding carboxylic acids is 1. The summed E-state index contributed by atoms with van der Waals surface area (Å²) in [6.07, 6.45) is 3.32. The number of nitrogens with one attached hydrogen (secondary N) is 1. The molecule has 0 aliphatic carbocycles. The van der Waals surface area contributed by atoms with Crippen LogP contribution in [0, 0.1) is 18.7 Å². The first-order chi connectivity index (χ1) is 12.1. The molecule has 1 N–H and O–H groups in total. The topological polar surface area (TPSA) is 58.1 Å². The number of benzene rings is 1. The number of anilines is 2. The van der Waals surface area contributed by atoms with Crippen LogP contribution in [0.25, 0.3) is 10.2 Å². The number of aryl methyl sites for hydroxylation is 1. The van der Waals surface area contributed by atoms with E-state index in [1.54, 1.807) is 12.3 Å². The Balaban J connectivity index is 1.39. The molecule has 8 heteroatoms. The van der Waals surface area contributed by atoms with Gasteiger partial charge in [0.15, 0.2) is 10.3 Å². The number of fused-ring (bicyclic) bond motifs is 1. The monoisotopic (exact) mass is 376 g/mol. The molecule has 2 aromatic heterocycles. The van der Waals surface area contributed by atoms with Crippen molar-refractivity contribution in [3.05, 3.63) is 35.1 Å². The van der Waals surface area contributed by atoms with Gasteiger partial charge in [-0.2, -0.15) is 0 Å². The van der Waals surface area contributed by atoms with Gasteiger partial charge in [-0.05, 0) is 38.0 Å². The van der Waals surface area contributed by atoms with Crippen LogP contribution in [0.1, 0.15) is 17.7 Å². The van der Waals surface area contributed by atoms with Crippen LogP contribution >= 0.6 is 22.7 Å². The van der Waals surface area contributed by atoms with E-state index in [0.29, 0.717) is 5.13 Å². The highest BCUT2D eigenvalue weighted by molar-refractivity contribution is 7.22. The molecule has 3 heterocycles. The van der Waals surface area contributed by atoms with Gasteiger partial charge in [-0.3, -0.25) is 4.79 Å². The summed E-state index contributed by atoms with van der Waals surface area (Å²) in [5.41, 5.74) is 0.820. The number of halogens is 1. The zero-order valence-corrected chi connectivity index (χ0v) is 15.3. The predicted molar refractivity (Wildman–Crippen MR) is 100.0 cm³/mol. The van der Waals surface area contributed by atoms with E-state index in [1.807, 2.05) is 6.92 Å². The van der Waals surface area contributed by atoms with Crippen LogP contribution in [0.5, 0.6) is 0 Å². The van der Waals surface area contributed by atoms with Crippen LogP contribution in [0.15, 0.2) is 24.4 Å². The number of piperidine rings is 1. The van der Waals surface area contributed by atoms with Gasteiger partial charge in [-0.15, -0.1) is 11.3 Å². The van der Waals surface area contributed by atoms with E-state index in [1.165, 1.54) is 34.8 Å². The number of thiazole rings is 2. The quantitative estimate of drug-likeness (QED) is 0.749. The van der Waals surface area contributed by atoms with E-state index in [4.69, 9.17) is 0 Å². The van der Waals surface area contributed by atoms with Crippen LogP contribution in [-0.4, -0.2) is 29.0 Å². The highest BCUT2D eigenvalue weighted by Crippen LogP contribution is 2.32. The van der Waals surface area contributed by atoms with Gasteiger partial charge >= 0.3 is 0 Å². The minimum atomic E-state index is -0.240. The molecule has 0 radical (unpaired) electrons. The molecule has 5 nitrogen and oxygen atoms in total. The van der Waals surface area contributed by atoms with Crippen molar-refractivity contribution in [2.45, 2.75) is 19.8 Å². The second-order valence-corrected chi connectivity index (χ2v) is 8.38. The second-order valence-electron chi connectivity index (χ2n) is 6.14. The maximum atomic E-state index is 13.3. The molecule has 1 aliphatic rings. The van der Waals surface area contributed by atoms with E-state index >= 15 is 0 Å². The summed E-state index contributed by atoms with van der Waals surface area (Å²) >= 11 is 2.99. The van der Waals surface area contributed by atoms with Crippen molar-refractivity contribution in [3.8, 4) is 0 Å². The Morgan fingerprint density at radius 3 is 2.84 bits per heavy atom. The van der Waals surface area contributed by atoms with Crippen LogP contribution in [0.4, 0.5) is 14.7 Å². The van der Waals surface area contributed by atoms with Gasteiger partial charge in [0, 0.05) is 30.1 Å². The maximum Gasteiger partial charge on any atom is 0.229 e. The van der Waals surface area contributed by atoms with Gasteiger partial charge in [0.2, 0.25) is 5.91 Å². The van der Waals surface area contributed by atoms with Crippen LogP contribution in [-0.2, 0) is 4.79 Å². The standard InChI is InChI=1S/C17H17FN4OS2/c1-10-9-19-16(24-10)21-15(23)11-4-6-22(7-5-11)17-20-13-3-2-12(18)8-14(13)25-17/h2-3,8-9,11H,4-7H2,1H3,(H,19,21,23). The Bertz CT molecular complexity index is 914. The number of amides is 1. The number of aromatic nitrogens is 2.